The molecule has 20 heavy (non-hydrogen) atoms. The van der Waals surface area contributed by atoms with E-state index in [-0.39, 0.29) is 0 Å². The van der Waals surface area contributed by atoms with Crippen LogP contribution in [-0.4, -0.2) is 17.1 Å². The fourth-order valence-corrected chi connectivity index (χ4v) is 2.46. The number of hydrogen-bond acceptors (Lipinski definition) is 1. The fraction of sp³-hybridized carbons (Fsp3) is 0.176. The second-order valence-electron chi connectivity index (χ2n) is 4.66. The van der Waals surface area contributed by atoms with Crippen LogP contribution < -0.4 is 4.74 Å². The van der Waals surface area contributed by atoms with Crippen molar-refractivity contribution >= 4 is 22.5 Å². The molecule has 0 bridgehead atoms. The molecule has 3 heteroatoms. The zero-order chi connectivity index (χ0) is 13.8. The predicted octanol–water partition coefficient (Wildman–Crippen LogP) is 4.31. The SMILES string of the molecule is ClCCOc1cccc2c1ccn2Cc1ccccc1. The van der Waals surface area contributed by atoms with E-state index in [2.05, 4.69) is 47.2 Å². The summed E-state index contributed by atoms with van der Waals surface area (Å²) in [5.41, 5.74) is 2.47. The monoisotopic (exact) mass is 285 g/mol. The Morgan fingerprint density at radius 1 is 0.950 bits per heavy atom. The van der Waals surface area contributed by atoms with E-state index in [0.717, 1.165) is 17.7 Å². The largest absolute Gasteiger partial charge is 0.492 e. The van der Waals surface area contributed by atoms with E-state index in [4.69, 9.17) is 16.3 Å². The molecule has 3 aromatic rings. The van der Waals surface area contributed by atoms with Crippen molar-refractivity contribution in [2.45, 2.75) is 6.54 Å². The zero-order valence-electron chi connectivity index (χ0n) is 11.1. The number of hydrogen-bond donors (Lipinski definition) is 0. The molecule has 102 valence electrons. The summed E-state index contributed by atoms with van der Waals surface area (Å²) in [7, 11) is 0. The molecule has 2 aromatic carbocycles. The highest BCUT2D eigenvalue weighted by molar-refractivity contribution is 6.18. The zero-order valence-corrected chi connectivity index (χ0v) is 11.9. The molecule has 2 nitrogen and oxygen atoms in total. The van der Waals surface area contributed by atoms with Gasteiger partial charge < -0.3 is 9.30 Å². The first-order chi connectivity index (χ1) is 9.88. The highest BCUT2D eigenvalue weighted by Gasteiger charge is 2.06. The third-order valence-corrected chi connectivity index (χ3v) is 3.46. The van der Waals surface area contributed by atoms with Crippen LogP contribution in [0.3, 0.4) is 0 Å². The number of rotatable bonds is 5. The molecule has 0 spiro atoms. The van der Waals surface area contributed by atoms with E-state index in [1.54, 1.807) is 0 Å². The van der Waals surface area contributed by atoms with E-state index >= 15 is 0 Å². The Hall–Kier alpha value is -1.93. The first-order valence-corrected chi connectivity index (χ1v) is 7.22. The first kappa shape index (κ1) is 13.1. The lowest BCUT2D eigenvalue weighted by Crippen LogP contribution is -1.99. The quantitative estimate of drug-likeness (QED) is 0.637. The minimum atomic E-state index is 0.501. The molecule has 0 saturated carbocycles. The third-order valence-electron chi connectivity index (χ3n) is 3.30. The highest BCUT2D eigenvalue weighted by Crippen LogP contribution is 2.27. The van der Waals surface area contributed by atoms with E-state index in [1.165, 1.54) is 11.1 Å². The second-order valence-corrected chi connectivity index (χ2v) is 5.03. The molecule has 0 amide bonds. The van der Waals surface area contributed by atoms with Gasteiger partial charge in [-0.3, -0.25) is 0 Å². The molecular weight excluding hydrogens is 270 g/mol. The Balaban J connectivity index is 1.93. The van der Waals surface area contributed by atoms with Gasteiger partial charge >= 0.3 is 0 Å². The maximum atomic E-state index is 5.69. The molecule has 3 rings (SSSR count). The van der Waals surface area contributed by atoms with Gasteiger partial charge in [-0.1, -0.05) is 36.4 Å². The number of halogens is 1. The number of benzene rings is 2. The third kappa shape index (κ3) is 2.66. The minimum absolute atomic E-state index is 0.501. The molecule has 0 radical (unpaired) electrons. The van der Waals surface area contributed by atoms with E-state index < -0.39 is 0 Å². The normalized spacial score (nSPS) is 10.8. The van der Waals surface area contributed by atoms with Gasteiger partial charge in [0.15, 0.2) is 0 Å². The smallest absolute Gasteiger partial charge is 0.128 e. The van der Waals surface area contributed by atoms with Crippen LogP contribution in [0.5, 0.6) is 5.75 Å². The molecule has 0 unspecified atom stereocenters. The molecule has 0 aliphatic heterocycles. The summed E-state index contributed by atoms with van der Waals surface area (Å²) in [6.07, 6.45) is 2.10. The topological polar surface area (TPSA) is 14.2 Å². The van der Waals surface area contributed by atoms with Gasteiger partial charge in [-0.2, -0.15) is 0 Å². The van der Waals surface area contributed by atoms with Crippen molar-refractivity contribution in [2.75, 3.05) is 12.5 Å². The van der Waals surface area contributed by atoms with Crippen LogP contribution >= 0.6 is 11.6 Å². The summed E-state index contributed by atoms with van der Waals surface area (Å²) in [6, 6.07) is 18.7. The lowest BCUT2D eigenvalue weighted by Gasteiger charge is -2.08. The van der Waals surface area contributed by atoms with Crippen LogP contribution in [0.1, 0.15) is 5.56 Å². The van der Waals surface area contributed by atoms with E-state index in [0.29, 0.717) is 12.5 Å². The molecular formula is C17H16ClNO. The van der Waals surface area contributed by atoms with Crippen LogP contribution in [0.2, 0.25) is 0 Å². The van der Waals surface area contributed by atoms with E-state index in [1.807, 2.05) is 18.2 Å². The fourth-order valence-electron chi connectivity index (χ4n) is 2.39. The maximum Gasteiger partial charge on any atom is 0.128 e. The van der Waals surface area contributed by atoms with Gasteiger partial charge in [0.1, 0.15) is 12.4 Å². The lowest BCUT2D eigenvalue weighted by atomic mass is 10.2. The van der Waals surface area contributed by atoms with Crippen molar-refractivity contribution in [2.24, 2.45) is 0 Å². The van der Waals surface area contributed by atoms with Crippen molar-refractivity contribution in [1.82, 2.24) is 4.57 Å². The van der Waals surface area contributed by atoms with E-state index in [9.17, 15) is 0 Å². The molecule has 1 heterocycles. The lowest BCUT2D eigenvalue weighted by molar-refractivity contribution is 0.347. The van der Waals surface area contributed by atoms with Crippen molar-refractivity contribution in [3.63, 3.8) is 0 Å². The van der Waals surface area contributed by atoms with Crippen LogP contribution in [-0.2, 0) is 6.54 Å². The molecule has 0 atom stereocenters. The van der Waals surface area contributed by atoms with Crippen molar-refractivity contribution < 1.29 is 4.74 Å². The molecule has 0 fully saturated rings. The molecule has 0 saturated heterocycles. The Bertz CT molecular complexity index is 691. The van der Waals surface area contributed by atoms with Crippen LogP contribution in [0, 0.1) is 0 Å². The van der Waals surface area contributed by atoms with Gasteiger partial charge in [0.2, 0.25) is 0 Å². The van der Waals surface area contributed by atoms with Crippen molar-refractivity contribution in [3.05, 3.63) is 66.4 Å². The summed E-state index contributed by atoms with van der Waals surface area (Å²) in [4.78, 5) is 0. The van der Waals surface area contributed by atoms with Crippen LogP contribution in [0.4, 0.5) is 0 Å². The number of fused-ring (bicyclic) bond motifs is 1. The summed E-state index contributed by atoms with van der Waals surface area (Å²) in [5, 5.41) is 1.13. The predicted molar refractivity (Wildman–Crippen MR) is 83.7 cm³/mol. The average Bonchev–Trinajstić information content (AvgIpc) is 2.90. The van der Waals surface area contributed by atoms with Crippen molar-refractivity contribution in [1.29, 1.82) is 0 Å². The first-order valence-electron chi connectivity index (χ1n) is 6.69. The Morgan fingerprint density at radius 2 is 1.80 bits per heavy atom. The molecule has 0 N–H and O–H groups in total. The van der Waals surface area contributed by atoms with Gasteiger partial charge in [-0.25, -0.2) is 0 Å². The second kappa shape index (κ2) is 6.02. The van der Waals surface area contributed by atoms with Gasteiger partial charge in [0, 0.05) is 18.1 Å². The maximum absolute atomic E-state index is 5.69. The minimum Gasteiger partial charge on any atom is -0.492 e. The number of alkyl halides is 1. The molecule has 0 aliphatic rings. The average molecular weight is 286 g/mol. The number of aromatic nitrogens is 1. The van der Waals surface area contributed by atoms with Gasteiger partial charge in [0.25, 0.3) is 0 Å². The molecule has 0 aliphatic carbocycles. The van der Waals surface area contributed by atoms with Crippen LogP contribution in [0.25, 0.3) is 10.9 Å². The summed E-state index contributed by atoms with van der Waals surface area (Å²) in [5.74, 6) is 1.40. The highest BCUT2D eigenvalue weighted by atomic mass is 35.5. The van der Waals surface area contributed by atoms with Gasteiger partial charge in [0.05, 0.1) is 11.4 Å². The van der Waals surface area contributed by atoms with Crippen LogP contribution in [0.15, 0.2) is 60.8 Å². The van der Waals surface area contributed by atoms with Gasteiger partial charge in [-0.15, -0.1) is 11.6 Å². The number of ether oxygens (including phenoxy) is 1. The van der Waals surface area contributed by atoms with Crippen molar-refractivity contribution in [3.8, 4) is 5.75 Å². The van der Waals surface area contributed by atoms with Gasteiger partial charge in [-0.05, 0) is 23.8 Å². The summed E-state index contributed by atoms with van der Waals surface area (Å²) < 4.78 is 7.92. The summed E-state index contributed by atoms with van der Waals surface area (Å²) >= 11 is 5.68. The Kier molecular flexibility index (Phi) is 3.93. The number of nitrogens with zero attached hydrogens (tertiary/aromatic N) is 1. The Labute approximate surface area is 123 Å². The Morgan fingerprint density at radius 3 is 2.60 bits per heavy atom. The summed E-state index contributed by atoms with van der Waals surface area (Å²) in [6.45, 7) is 1.40. The standard InChI is InChI=1S/C17H16ClNO/c18-10-12-20-17-8-4-7-16-15(17)9-11-19(16)13-14-5-2-1-3-6-14/h1-9,11H,10,12-13H2. The molecule has 1 aromatic heterocycles.